The van der Waals surface area contributed by atoms with Crippen LogP contribution in [0, 0.1) is 0 Å². The minimum absolute atomic E-state index is 0.0279. The second-order valence-electron chi connectivity index (χ2n) is 4.45. The lowest BCUT2D eigenvalue weighted by Gasteiger charge is -2.21. The van der Waals surface area contributed by atoms with Crippen LogP contribution in [-0.2, 0) is 4.74 Å². The molecule has 0 aliphatic rings. The maximum atomic E-state index is 11.9. The summed E-state index contributed by atoms with van der Waals surface area (Å²) >= 11 is 0. The number of aromatic carboxylic acids is 1. The second kappa shape index (κ2) is 7.46. The third-order valence-electron chi connectivity index (χ3n) is 2.67. The molecule has 0 bridgehead atoms. The van der Waals surface area contributed by atoms with Gasteiger partial charge in [-0.1, -0.05) is 0 Å². The lowest BCUT2D eigenvalue weighted by atomic mass is 10.1. The van der Waals surface area contributed by atoms with Crippen molar-refractivity contribution >= 4 is 17.7 Å². The van der Waals surface area contributed by atoms with E-state index in [0.717, 1.165) is 6.07 Å². The number of hydrogen-bond donors (Lipinski definition) is 4. The average molecular weight is 298 g/mol. The van der Waals surface area contributed by atoms with Gasteiger partial charge >= 0.3 is 12.0 Å². The number of likely N-dealkylation sites (N-methyl/N-ethyl adjacent to an activating group) is 1. The average Bonchev–Trinajstić information content (AvgIpc) is 2.40. The number of benzene rings is 1. The number of phenolic OH excluding ortho intramolecular Hbond substituents is 1. The first-order valence-electron chi connectivity index (χ1n) is 6.10. The number of carbonyl (C=O) groups excluding carboxylic acids is 1. The van der Waals surface area contributed by atoms with E-state index in [1.54, 1.807) is 0 Å². The number of carbonyl (C=O) groups is 2. The molecule has 116 valence electrons. The van der Waals surface area contributed by atoms with Crippen molar-refractivity contribution in [2.24, 2.45) is 0 Å². The van der Waals surface area contributed by atoms with Gasteiger partial charge in [0, 0.05) is 14.2 Å². The molecule has 4 N–H and O–H groups in total. The molecular formula is C13H18N2O6. The van der Waals surface area contributed by atoms with Gasteiger partial charge in [0.15, 0.2) is 0 Å². The summed E-state index contributed by atoms with van der Waals surface area (Å²) in [7, 11) is 2.88. The number of anilines is 1. The molecule has 2 amide bonds. The number of carboxylic acid groups (broad SMARTS) is 1. The van der Waals surface area contributed by atoms with E-state index < -0.39 is 18.1 Å². The van der Waals surface area contributed by atoms with Gasteiger partial charge in [-0.2, -0.15) is 0 Å². The molecule has 8 heteroatoms. The van der Waals surface area contributed by atoms with Crippen LogP contribution in [0.25, 0.3) is 0 Å². The Morgan fingerprint density at radius 3 is 2.67 bits per heavy atom. The zero-order valence-corrected chi connectivity index (χ0v) is 11.7. The number of methoxy groups -OCH3 is 1. The standard InChI is InChI=1S/C13H18N2O6/c1-15(6-9(17)7-21-2)13(20)14-11-4-3-8(16)5-10(11)12(18)19/h3-5,9,16-17H,6-7H2,1-2H3,(H,14,20)(H,18,19). The Morgan fingerprint density at radius 1 is 1.43 bits per heavy atom. The SMILES string of the molecule is COCC(O)CN(C)C(=O)Nc1ccc(O)cc1C(=O)O. The summed E-state index contributed by atoms with van der Waals surface area (Å²) in [5, 5.41) is 30.2. The molecule has 0 heterocycles. The monoisotopic (exact) mass is 298 g/mol. The smallest absolute Gasteiger partial charge is 0.337 e. The third kappa shape index (κ3) is 4.93. The molecule has 1 aromatic carbocycles. The Bertz CT molecular complexity index is 519. The summed E-state index contributed by atoms with van der Waals surface area (Å²) in [5.74, 6) is -1.49. The van der Waals surface area contributed by atoms with E-state index in [4.69, 9.17) is 9.84 Å². The largest absolute Gasteiger partial charge is 0.508 e. The first-order chi connectivity index (χ1) is 9.85. The van der Waals surface area contributed by atoms with Gasteiger partial charge in [0.2, 0.25) is 0 Å². The number of amides is 2. The maximum Gasteiger partial charge on any atom is 0.337 e. The number of ether oxygens (including phenoxy) is 1. The first kappa shape index (κ1) is 16.7. The molecular weight excluding hydrogens is 280 g/mol. The molecule has 0 fully saturated rings. The van der Waals surface area contributed by atoms with Crippen molar-refractivity contribution in [3.05, 3.63) is 23.8 Å². The molecule has 0 saturated carbocycles. The fraction of sp³-hybridized carbons (Fsp3) is 0.385. The summed E-state index contributed by atoms with van der Waals surface area (Å²) < 4.78 is 4.75. The van der Waals surface area contributed by atoms with Crippen molar-refractivity contribution < 1.29 is 29.6 Å². The second-order valence-corrected chi connectivity index (χ2v) is 4.45. The van der Waals surface area contributed by atoms with Gasteiger partial charge in [-0.15, -0.1) is 0 Å². The number of aliphatic hydroxyl groups excluding tert-OH is 1. The van der Waals surface area contributed by atoms with E-state index in [9.17, 15) is 19.8 Å². The number of urea groups is 1. The van der Waals surface area contributed by atoms with Gasteiger partial charge < -0.3 is 30.3 Å². The van der Waals surface area contributed by atoms with Gasteiger partial charge in [0.05, 0.1) is 30.5 Å². The first-order valence-corrected chi connectivity index (χ1v) is 6.10. The van der Waals surface area contributed by atoms with Crippen molar-refractivity contribution in [2.45, 2.75) is 6.10 Å². The van der Waals surface area contributed by atoms with E-state index in [1.165, 1.54) is 31.2 Å². The molecule has 0 radical (unpaired) electrons. The molecule has 0 spiro atoms. The highest BCUT2D eigenvalue weighted by Crippen LogP contribution is 2.21. The quantitative estimate of drug-likeness (QED) is 0.570. The molecule has 8 nitrogen and oxygen atoms in total. The normalized spacial score (nSPS) is 11.8. The molecule has 0 aromatic heterocycles. The van der Waals surface area contributed by atoms with Crippen molar-refractivity contribution in [1.29, 1.82) is 0 Å². The number of aliphatic hydroxyl groups is 1. The molecule has 21 heavy (non-hydrogen) atoms. The predicted molar refractivity (Wildman–Crippen MR) is 74.6 cm³/mol. The van der Waals surface area contributed by atoms with Crippen LogP contribution in [0.2, 0.25) is 0 Å². The van der Waals surface area contributed by atoms with Gasteiger partial charge in [-0.25, -0.2) is 9.59 Å². The van der Waals surface area contributed by atoms with Gasteiger partial charge in [-0.05, 0) is 18.2 Å². The van der Waals surface area contributed by atoms with Gasteiger partial charge in [0.1, 0.15) is 5.75 Å². The predicted octanol–water partition coefficient (Wildman–Crippen LogP) is 0.561. The number of rotatable bonds is 6. The molecule has 1 atom stereocenters. The van der Waals surface area contributed by atoms with Crippen molar-refractivity contribution in [3.8, 4) is 5.75 Å². The number of phenols is 1. The minimum atomic E-state index is -1.27. The number of nitrogens with zero attached hydrogens (tertiary/aromatic N) is 1. The topological polar surface area (TPSA) is 119 Å². The molecule has 0 aliphatic carbocycles. The number of hydrogen-bond acceptors (Lipinski definition) is 5. The zero-order valence-electron chi connectivity index (χ0n) is 11.7. The molecule has 0 saturated heterocycles. The Balaban J connectivity index is 2.76. The molecule has 0 aliphatic heterocycles. The van der Waals surface area contributed by atoms with E-state index in [1.807, 2.05) is 0 Å². The molecule has 1 aromatic rings. The van der Waals surface area contributed by atoms with Crippen LogP contribution in [0.15, 0.2) is 18.2 Å². The zero-order chi connectivity index (χ0) is 16.0. The highest BCUT2D eigenvalue weighted by atomic mass is 16.5. The lowest BCUT2D eigenvalue weighted by molar-refractivity contribution is 0.0501. The Morgan fingerprint density at radius 2 is 2.10 bits per heavy atom. The summed E-state index contributed by atoms with van der Waals surface area (Å²) in [6.07, 6.45) is -0.843. The fourth-order valence-corrected chi connectivity index (χ4v) is 1.67. The molecule has 1 unspecified atom stereocenters. The number of aromatic hydroxyl groups is 1. The van der Waals surface area contributed by atoms with Crippen molar-refractivity contribution in [1.82, 2.24) is 4.90 Å². The van der Waals surface area contributed by atoms with Crippen LogP contribution < -0.4 is 5.32 Å². The number of nitrogens with one attached hydrogen (secondary N) is 1. The van der Waals surface area contributed by atoms with E-state index in [2.05, 4.69) is 5.32 Å². The van der Waals surface area contributed by atoms with Gasteiger partial charge in [-0.3, -0.25) is 0 Å². The van der Waals surface area contributed by atoms with Gasteiger partial charge in [0.25, 0.3) is 0 Å². The summed E-state index contributed by atoms with van der Waals surface area (Å²) in [5.41, 5.74) is -0.174. The van der Waals surface area contributed by atoms with Crippen LogP contribution in [-0.4, -0.2) is 65.6 Å². The Labute approximate surface area is 121 Å². The van der Waals surface area contributed by atoms with E-state index >= 15 is 0 Å². The summed E-state index contributed by atoms with van der Waals surface area (Å²) in [4.78, 5) is 24.2. The Kier molecular flexibility index (Phi) is 5.94. The third-order valence-corrected chi connectivity index (χ3v) is 2.67. The van der Waals surface area contributed by atoms with Crippen LogP contribution in [0.1, 0.15) is 10.4 Å². The van der Waals surface area contributed by atoms with Crippen LogP contribution in [0.4, 0.5) is 10.5 Å². The van der Waals surface area contributed by atoms with Crippen LogP contribution >= 0.6 is 0 Å². The highest BCUT2D eigenvalue weighted by Gasteiger charge is 2.17. The minimum Gasteiger partial charge on any atom is -0.508 e. The Hall–Kier alpha value is -2.32. The molecule has 1 rings (SSSR count). The summed E-state index contributed by atoms with van der Waals surface area (Å²) in [6, 6.07) is 3.01. The van der Waals surface area contributed by atoms with Crippen molar-refractivity contribution in [2.75, 3.05) is 32.6 Å². The van der Waals surface area contributed by atoms with E-state index in [-0.39, 0.29) is 30.2 Å². The maximum absolute atomic E-state index is 11.9. The number of carboxylic acids is 1. The van der Waals surface area contributed by atoms with Crippen LogP contribution in [0.5, 0.6) is 5.75 Å². The lowest BCUT2D eigenvalue weighted by Crippen LogP contribution is -2.39. The highest BCUT2D eigenvalue weighted by molar-refractivity contribution is 6.00. The summed E-state index contributed by atoms with van der Waals surface area (Å²) in [6.45, 7) is 0.108. The van der Waals surface area contributed by atoms with E-state index in [0.29, 0.717) is 0 Å². The fourth-order valence-electron chi connectivity index (χ4n) is 1.67. The van der Waals surface area contributed by atoms with Crippen LogP contribution in [0.3, 0.4) is 0 Å². The van der Waals surface area contributed by atoms with Crippen molar-refractivity contribution in [3.63, 3.8) is 0 Å².